The average Bonchev–Trinajstić information content (AvgIpc) is 2.69. The van der Waals surface area contributed by atoms with Crippen LogP contribution < -0.4 is 10.2 Å². The van der Waals surface area contributed by atoms with Gasteiger partial charge in [0.25, 0.3) is 5.91 Å². The Hall–Kier alpha value is -3.22. The highest BCUT2D eigenvalue weighted by Crippen LogP contribution is 2.20. The van der Waals surface area contributed by atoms with Gasteiger partial charge in [0.05, 0.1) is 22.4 Å². The quantitative estimate of drug-likeness (QED) is 0.264. The van der Waals surface area contributed by atoms with Gasteiger partial charge in [0.2, 0.25) is 0 Å². The predicted octanol–water partition coefficient (Wildman–Crippen LogP) is 5.12. The molecule has 0 bridgehead atoms. The number of halogens is 3. The number of amides is 1. The monoisotopic (exact) mass is 430 g/mol. The first-order chi connectivity index (χ1) is 13.9. The zero-order valence-corrected chi connectivity index (χ0v) is 16.2. The summed E-state index contributed by atoms with van der Waals surface area (Å²) in [5, 5.41) is 4.51. The number of nitrogens with zero attached hydrogens (tertiary/aromatic N) is 1. The average molecular weight is 431 g/mol. The van der Waals surface area contributed by atoms with Crippen molar-refractivity contribution in [2.75, 3.05) is 0 Å². The van der Waals surface area contributed by atoms with Gasteiger partial charge in [-0.15, -0.1) is 0 Å². The lowest BCUT2D eigenvalue weighted by Gasteiger charge is -2.05. The van der Waals surface area contributed by atoms with Gasteiger partial charge in [0.15, 0.2) is 0 Å². The number of nitrogens with one attached hydrogen (secondary N) is 1. The Morgan fingerprint density at radius 3 is 2.45 bits per heavy atom. The van der Waals surface area contributed by atoms with Crippen molar-refractivity contribution in [3.05, 3.63) is 99.3 Å². The molecule has 0 saturated heterocycles. The maximum atomic E-state index is 13.2. The molecule has 146 valence electrons. The molecule has 0 aromatic heterocycles. The van der Waals surface area contributed by atoms with E-state index in [0.29, 0.717) is 10.6 Å². The minimum atomic E-state index is -0.668. The molecule has 5 nitrogen and oxygen atoms in total. The van der Waals surface area contributed by atoms with E-state index in [9.17, 15) is 14.0 Å². The van der Waals surface area contributed by atoms with E-state index in [1.807, 2.05) is 0 Å². The molecule has 0 spiro atoms. The van der Waals surface area contributed by atoms with Crippen molar-refractivity contribution < 1.29 is 18.7 Å². The van der Waals surface area contributed by atoms with Crippen LogP contribution in [0.15, 0.2) is 71.8 Å². The highest BCUT2D eigenvalue weighted by atomic mass is 35.5. The van der Waals surface area contributed by atoms with E-state index in [0.717, 1.165) is 6.07 Å². The molecule has 3 aromatic carbocycles. The summed E-state index contributed by atoms with van der Waals surface area (Å²) in [5.74, 6) is -1.39. The molecule has 8 heteroatoms. The van der Waals surface area contributed by atoms with Crippen LogP contribution in [-0.2, 0) is 0 Å². The molecule has 0 aliphatic carbocycles. The largest absolute Gasteiger partial charge is 0.423 e. The molecule has 1 N–H and O–H groups in total. The van der Waals surface area contributed by atoms with Crippen LogP contribution in [0, 0.1) is 5.82 Å². The summed E-state index contributed by atoms with van der Waals surface area (Å²) in [4.78, 5) is 24.1. The first-order valence-corrected chi connectivity index (χ1v) is 9.04. The Morgan fingerprint density at radius 1 is 1.00 bits per heavy atom. The van der Waals surface area contributed by atoms with Crippen LogP contribution in [0.5, 0.6) is 5.75 Å². The predicted molar refractivity (Wildman–Crippen MR) is 109 cm³/mol. The number of benzene rings is 3. The van der Waals surface area contributed by atoms with Gasteiger partial charge in [-0.25, -0.2) is 14.6 Å². The summed E-state index contributed by atoms with van der Waals surface area (Å²) in [6, 6.07) is 16.1. The van der Waals surface area contributed by atoms with E-state index in [1.54, 1.807) is 30.3 Å². The van der Waals surface area contributed by atoms with Crippen molar-refractivity contribution in [3.8, 4) is 5.75 Å². The van der Waals surface area contributed by atoms with Gasteiger partial charge >= 0.3 is 5.97 Å². The lowest BCUT2D eigenvalue weighted by molar-refractivity contribution is 0.0734. The van der Waals surface area contributed by atoms with Gasteiger partial charge in [-0.1, -0.05) is 29.3 Å². The van der Waals surface area contributed by atoms with Crippen LogP contribution in [0.2, 0.25) is 10.0 Å². The lowest BCUT2D eigenvalue weighted by Crippen LogP contribution is -2.18. The van der Waals surface area contributed by atoms with Gasteiger partial charge in [-0.2, -0.15) is 5.10 Å². The van der Waals surface area contributed by atoms with E-state index in [1.165, 1.54) is 36.5 Å². The van der Waals surface area contributed by atoms with Crippen molar-refractivity contribution >= 4 is 41.3 Å². The first kappa shape index (κ1) is 20.5. The molecule has 0 fully saturated rings. The van der Waals surface area contributed by atoms with Gasteiger partial charge < -0.3 is 4.74 Å². The fourth-order valence-corrected chi connectivity index (χ4v) is 2.80. The third-order valence-electron chi connectivity index (χ3n) is 3.71. The second kappa shape index (κ2) is 9.32. The standard InChI is InChI=1S/C21H13Cl2FN2O3/c22-15-6-9-18(19(23)11-15)20(27)26-25-12-13-4-7-17(8-5-13)29-21(28)14-2-1-3-16(24)10-14/h1-12H,(H,26,27)/b25-12+. The summed E-state index contributed by atoms with van der Waals surface area (Å²) in [6.45, 7) is 0. The van der Waals surface area contributed by atoms with Crippen LogP contribution >= 0.6 is 23.2 Å². The third-order valence-corrected chi connectivity index (χ3v) is 4.25. The number of hydrogen-bond donors (Lipinski definition) is 1. The van der Waals surface area contributed by atoms with Crippen LogP contribution in [0.25, 0.3) is 0 Å². The summed E-state index contributed by atoms with van der Waals surface area (Å²) in [7, 11) is 0. The number of rotatable bonds is 5. The second-order valence-corrected chi connectivity index (χ2v) is 6.64. The summed E-state index contributed by atoms with van der Waals surface area (Å²) >= 11 is 11.8. The molecule has 0 aliphatic rings. The lowest BCUT2D eigenvalue weighted by atomic mass is 10.2. The Balaban J connectivity index is 1.58. The maximum Gasteiger partial charge on any atom is 0.343 e. The maximum absolute atomic E-state index is 13.2. The third kappa shape index (κ3) is 5.63. The van der Waals surface area contributed by atoms with E-state index < -0.39 is 17.7 Å². The molecular formula is C21H13Cl2FN2O3. The second-order valence-electron chi connectivity index (χ2n) is 5.79. The number of ether oxygens (including phenoxy) is 1. The molecule has 0 heterocycles. The zero-order valence-electron chi connectivity index (χ0n) is 14.7. The minimum absolute atomic E-state index is 0.110. The molecule has 0 atom stereocenters. The van der Waals surface area contributed by atoms with Crippen molar-refractivity contribution in [3.63, 3.8) is 0 Å². The topological polar surface area (TPSA) is 67.8 Å². The number of carbonyl (C=O) groups excluding carboxylic acids is 2. The van der Waals surface area contributed by atoms with Crippen LogP contribution in [0.4, 0.5) is 4.39 Å². The Morgan fingerprint density at radius 2 is 1.76 bits per heavy atom. The highest BCUT2D eigenvalue weighted by molar-refractivity contribution is 6.36. The molecule has 0 unspecified atom stereocenters. The van der Waals surface area contributed by atoms with Crippen molar-refractivity contribution in [2.24, 2.45) is 5.10 Å². The molecule has 3 rings (SSSR count). The molecule has 3 aromatic rings. The van der Waals surface area contributed by atoms with Gasteiger partial charge in [-0.3, -0.25) is 4.79 Å². The molecular weight excluding hydrogens is 418 g/mol. The number of carbonyl (C=O) groups is 2. The molecule has 0 aliphatic heterocycles. The molecule has 1 amide bonds. The van der Waals surface area contributed by atoms with Gasteiger partial charge in [0.1, 0.15) is 11.6 Å². The smallest absolute Gasteiger partial charge is 0.343 e. The fourth-order valence-electron chi connectivity index (χ4n) is 2.30. The minimum Gasteiger partial charge on any atom is -0.423 e. The molecule has 29 heavy (non-hydrogen) atoms. The summed E-state index contributed by atoms with van der Waals surface area (Å²) in [5.41, 5.74) is 3.37. The number of hydrogen-bond acceptors (Lipinski definition) is 4. The van der Waals surface area contributed by atoms with E-state index in [-0.39, 0.29) is 21.9 Å². The van der Waals surface area contributed by atoms with E-state index in [2.05, 4.69) is 10.5 Å². The van der Waals surface area contributed by atoms with Crippen LogP contribution in [0.1, 0.15) is 26.3 Å². The van der Waals surface area contributed by atoms with E-state index >= 15 is 0 Å². The van der Waals surface area contributed by atoms with Crippen molar-refractivity contribution in [1.29, 1.82) is 0 Å². The number of hydrazone groups is 1. The Bertz CT molecular complexity index is 1090. The SMILES string of the molecule is O=C(Oc1ccc(/C=N/NC(=O)c2ccc(Cl)cc2Cl)cc1)c1cccc(F)c1. The van der Waals surface area contributed by atoms with Gasteiger partial charge in [0, 0.05) is 5.02 Å². The first-order valence-electron chi connectivity index (χ1n) is 8.28. The molecule has 0 saturated carbocycles. The summed E-state index contributed by atoms with van der Waals surface area (Å²) < 4.78 is 18.4. The molecule has 0 radical (unpaired) electrons. The number of esters is 1. The summed E-state index contributed by atoms with van der Waals surface area (Å²) in [6.07, 6.45) is 1.42. The highest BCUT2D eigenvalue weighted by Gasteiger charge is 2.10. The zero-order chi connectivity index (χ0) is 20.8. The van der Waals surface area contributed by atoms with Crippen LogP contribution in [-0.4, -0.2) is 18.1 Å². The Kier molecular flexibility index (Phi) is 6.59. The van der Waals surface area contributed by atoms with E-state index in [4.69, 9.17) is 27.9 Å². The van der Waals surface area contributed by atoms with Crippen molar-refractivity contribution in [1.82, 2.24) is 5.43 Å². The normalized spacial score (nSPS) is 10.7. The van der Waals surface area contributed by atoms with Gasteiger partial charge in [-0.05, 0) is 66.2 Å². The van der Waals surface area contributed by atoms with Crippen molar-refractivity contribution in [2.45, 2.75) is 0 Å². The Labute approximate surface area is 175 Å². The van der Waals surface area contributed by atoms with Crippen LogP contribution in [0.3, 0.4) is 0 Å². The fraction of sp³-hybridized carbons (Fsp3) is 0.